The molecule has 1 aromatic heterocycles. The summed E-state index contributed by atoms with van der Waals surface area (Å²) in [5.41, 5.74) is 3.81. The molecule has 2 unspecified atom stereocenters. The number of hydrogen-bond acceptors (Lipinski definition) is 6. The molecule has 19 heavy (non-hydrogen) atoms. The highest BCUT2D eigenvalue weighted by molar-refractivity contribution is 5.26. The SMILES string of the molecule is CCN1CCOC(C(NN)c2cncc(OC)c2)C1. The second-order valence-electron chi connectivity index (χ2n) is 4.60. The van der Waals surface area contributed by atoms with Crippen LogP contribution in [-0.2, 0) is 4.74 Å². The minimum absolute atomic E-state index is 0.0209. The van der Waals surface area contributed by atoms with Gasteiger partial charge in [0.15, 0.2) is 0 Å². The molecule has 106 valence electrons. The number of likely N-dealkylation sites (N-methyl/N-ethyl adjacent to an activating group) is 1. The predicted octanol–water partition coefficient (Wildman–Crippen LogP) is 0.315. The summed E-state index contributed by atoms with van der Waals surface area (Å²) in [6, 6.07) is 1.85. The maximum absolute atomic E-state index is 5.84. The van der Waals surface area contributed by atoms with Gasteiger partial charge in [-0.25, -0.2) is 0 Å². The minimum Gasteiger partial charge on any atom is -0.495 e. The van der Waals surface area contributed by atoms with Gasteiger partial charge in [0.1, 0.15) is 5.75 Å². The first-order chi connectivity index (χ1) is 9.28. The van der Waals surface area contributed by atoms with Crippen LogP contribution >= 0.6 is 0 Å². The average molecular weight is 266 g/mol. The molecule has 2 atom stereocenters. The van der Waals surface area contributed by atoms with Crippen molar-refractivity contribution < 1.29 is 9.47 Å². The fourth-order valence-electron chi connectivity index (χ4n) is 2.36. The van der Waals surface area contributed by atoms with Crippen LogP contribution in [0.15, 0.2) is 18.5 Å². The van der Waals surface area contributed by atoms with E-state index in [2.05, 4.69) is 22.2 Å². The fraction of sp³-hybridized carbons (Fsp3) is 0.615. The summed E-state index contributed by atoms with van der Waals surface area (Å²) in [4.78, 5) is 6.52. The number of nitrogens with two attached hydrogens (primary N) is 1. The average Bonchev–Trinajstić information content (AvgIpc) is 2.48. The molecule has 0 aliphatic carbocycles. The first-order valence-electron chi connectivity index (χ1n) is 6.57. The maximum Gasteiger partial charge on any atom is 0.137 e. The van der Waals surface area contributed by atoms with Gasteiger partial charge in [0.25, 0.3) is 0 Å². The van der Waals surface area contributed by atoms with Crippen LogP contribution in [0.4, 0.5) is 0 Å². The van der Waals surface area contributed by atoms with E-state index in [4.69, 9.17) is 15.3 Å². The lowest BCUT2D eigenvalue weighted by Crippen LogP contribution is -2.49. The van der Waals surface area contributed by atoms with Crippen molar-refractivity contribution in [3.63, 3.8) is 0 Å². The van der Waals surface area contributed by atoms with E-state index in [1.54, 1.807) is 19.5 Å². The molecule has 6 nitrogen and oxygen atoms in total. The van der Waals surface area contributed by atoms with Crippen LogP contribution in [0.5, 0.6) is 5.75 Å². The fourth-order valence-corrected chi connectivity index (χ4v) is 2.36. The van der Waals surface area contributed by atoms with Crippen LogP contribution in [0.2, 0.25) is 0 Å². The van der Waals surface area contributed by atoms with E-state index in [0.29, 0.717) is 0 Å². The molecule has 3 N–H and O–H groups in total. The van der Waals surface area contributed by atoms with Gasteiger partial charge in [-0.3, -0.25) is 21.2 Å². The van der Waals surface area contributed by atoms with Crippen LogP contribution in [0.25, 0.3) is 0 Å². The number of hydrogen-bond donors (Lipinski definition) is 2. The van der Waals surface area contributed by atoms with Gasteiger partial charge < -0.3 is 9.47 Å². The Hall–Kier alpha value is -1.21. The van der Waals surface area contributed by atoms with Gasteiger partial charge in [0.05, 0.1) is 32.1 Å². The van der Waals surface area contributed by atoms with E-state index in [9.17, 15) is 0 Å². The van der Waals surface area contributed by atoms with Gasteiger partial charge >= 0.3 is 0 Å². The van der Waals surface area contributed by atoms with Crippen LogP contribution in [0, 0.1) is 0 Å². The van der Waals surface area contributed by atoms with Gasteiger partial charge in [0.2, 0.25) is 0 Å². The normalized spacial score (nSPS) is 22.2. The molecule has 6 heteroatoms. The lowest BCUT2D eigenvalue weighted by molar-refractivity contribution is -0.0457. The first-order valence-corrected chi connectivity index (χ1v) is 6.57. The third kappa shape index (κ3) is 3.42. The number of aromatic nitrogens is 1. The van der Waals surface area contributed by atoms with E-state index >= 15 is 0 Å². The highest BCUT2D eigenvalue weighted by Crippen LogP contribution is 2.23. The van der Waals surface area contributed by atoms with Crippen molar-refractivity contribution in [3.05, 3.63) is 24.0 Å². The van der Waals surface area contributed by atoms with Gasteiger partial charge in [-0.1, -0.05) is 6.92 Å². The number of hydrazine groups is 1. The van der Waals surface area contributed by atoms with Gasteiger partial charge in [-0.15, -0.1) is 0 Å². The molecule has 2 heterocycles. The summed E-state index contributed by atoms with van der Waals surface area (Å²) < 4.78 is 11.0. The minimum atomic E-state index is -0.0862. The van der Waals surface area contributed by atoms with Crippen LogP contribution < -0.4 is 16.0 Å². The largest absolute Gasteiger partial charge is 0.495 e. The molecule has 0 saturated carbocycles. The van der Waals surface area contributed by atoms with Crippen molar-refractivity contribution in [2.75, 3.05) is 33.4 Å². The monoisotopic (exact) mass is 266 g/mol. The highest BCUT2D eigenvalue weighted by atomic mass is 16.5. The Balaban J connectivity index is 2.13. The zero-order valence-electron chi connectivity index (χ0n) is 11.5. The molecule has 0 amide bonds. The molecule has 1 aromatic rings. The van der Waals surface area contributed by atoms with Crippen molar-refractivity contribution in [2.45, 2.75) is 19.1 Å². The third-order valence-corrected chi connectivity index (χ3v) is 3.51. The maximum atomic E-state index is 5.84. The zero-order chi connectivity index (χ0) is 13.7. The number of morpholine rings is 1. The van der Waals surface area contributed by atoms with E-state index in [0.717, 1.165) is 37.6 Å². The Morgan fingerprint density at radius 1 is 1.63 bits per heavy atom. The Bertz CT molecular complexity index is 402. The highest BCUT2D eigenvalue weighted by Gasteiger charge is 2.28. The predicted molar refractivity (Wildman–Crippen MR) is 72.7 cm³/mol. The van der Waals surface area contributed by atoms with E-state index in [-0.39, 0.29) is 12.1 Å². The first kappa shape index (κ1) is 14.2. The number of rotatable bonds is 5. The molecule has 1 fully saturated rings. The molecule has 2 rings (SSSR count). The lowest BCUT2D eigenvalue weighted by atomic mass is 10.0. The number of pyridine rings is 1. The van der Waals surface area contributed by atoms with E-state index in [1.807, 2.05) is 6.07 Å². The molecule has 0 bridgehead atoms. The Labute approximate surface area is 113 Å². The summed E-state index contributed by atoms with van der Waals surface area (Å²) in [6.45, 7) is 5.74. The summed E-state index contributed by atoms with van der Waals surface area (Å²) in [5.74, 6) is 6.42. The lowest BCUT2D eigenvalue weighted by Gasteiger charge is -2.36. The van der Waals surface area contributed by atoms with E-state index in [1.165, 1.54) is 0 Å². The Kier molecular flexibility index (Phi) is 5.09. The van der Waals surface area contributed by atoms with Crippen LogP contribution in [0.1, 0.15) is 18.5 Å². The third-order valence-electron chi connectivity index (χ3n) is 3.51. The molecule has 1 saturated heterocycles. The summed E-state index contributed by atoms with van der Waals surface area (Å²) >= 11 is 0. The van der Waals surface area contributed by atoms with Crippen molar-refractivity contribution in [1.29, 1.82) is 0 Å². The van der Waals surface area contributed by atoms with Gasteiger partial charge in [-0.05, 0) is 18.2 Å². The second-order valence-corrected chi connectivity index (χ2v) is 4.60. The number of nitrogens with zero attached hydrogens (tertiary/aromatic N) is 2. The van der Waals surface area contributed by atoms with Crippen LogP contribution in [0.3, 0.4) is 0 Å². The van der Waals surface area contributed by atoms with Crippen LogP contribution in [-0.4, -0.2) is 49.3 Å². The summed E-state index contributed by atoms with van der Waals surface area (Å²) in [7, 11) is 1.63. The number of methoxy groups -OCH3 is 1. The quantitative estimate of drug-likeness (QED) is 0.590. The molecular weight excluding hydrogens is 244 g/mol. The van der Waals surface area contributed by atoms with Gasteiger partial charge in [0, 0.05) is 19.3 Å². The van der Waals surface area contributed by atoms with Crippen molar-refractivity contribution in [2.24, 2.45) is 5.84 Å². The summed E-state index contributed by atoms with van der Waals surface area (Å²) in [6.07, 6.45) is 3.49. The molecule has 1 aliphatic heterocycles. The molecule has 0 spiro atoms. The van der Waals surface area contributed by atoms with Crippen molar-refractivity contribution in [1.82, 2.24) is 15.3 Å². The van der Waals surface area contributed by atoms with E-state index < -0.39 is 0 Å². The molecule has 0 aromatic carbocycles. The molecule has 0 radical (unpaired) electrons. The molecule has 1 aliphatic rings. The zero-order valence-corrected chi connectivity index (χ0v) is 11.5. The smallest absolute Gasteiger partial charge is 0.137 e. The Morgan fingerprint density at radius 3 is 3.16 bits per heavy atom. The number of ether oxygens (including phenoxy) is 2. The van der Waals surface area contributed by atoms with Crippen molar-refractivity contribution >= 4 is 0 Å². The standard InChI is InChI=1S/C13H22N4O2/c1-3-17-4-5-19-12(9-17)13(16-14)10-6-11(18-2)8-15-7-10/h6-8,12-13,16H,3-5,9,14H2,1-2H3. The van der Waals surface area contributed by atoms with Crippen molar-refractivity contribution in [3.8, 4) is 5.75 Å². The topological polar surface area (TPSA) is 72.6 Å². The Morgan fingerprint density at radius 2 is 2.47 bits per heavy atom. The molecular formula is C13H22N4O2. The second kappa shape index (κ2) is 6.81. The van der Waals surface area contributed by atoms with Gasteiger partial charge in [-0.2, -0.15) is 0 Å². The number of nitrogens with one attached hydrogen (secondary N) is 1. The summed E-state index contributed by atoms with van der Waals surface area (Å²) in [5, 5.41) is 0.